The standard InChI is InChI=1S/C18H31N5O4/c1-18(2)16(26)23(17(27)21-18)11-5-7-15(25)22-10-4-3-6-13(22)12-20-14(24)8-9-19/h13H,3-12,19H2,1-2H3,(H,20,24)(H,21,27). The van der Waals surface area contributed by atoms with Crippen molar-refractivity contribution in [2.24, 2.45) is 5.73 Å². The summed E-state index contributed by atoms with van der Waals surface area (Å²) < 4.78 is 0. The van der Waals surface area contributed by atoms with Gasteiger partial charge in [-0.25, -0.2) is 4.79 Å². The molecule has 0 spiro atoms. The number of nitrogens with two attached hydrogens (primary N) is 1. The van der Waals surface area contributed by atoms with Crippen molar-refractivity contribution in [3.63, 3.8) is 0 Å². The number of nitrogens with one attached hydrogen (secondary N) is 2. The van der Waals surface area contributed by atoms with E-state index >= 15 is 0 Å². The van der Waals surface area contributed by atoms with Crippen molar-refractivity contribution >= 4 is 23.8 Å². The molecule has 2 fully saturated rings. The second kappa shape index (κ2) is 9.16. The van der Waals surface area contributed by atoms with Gasteiger partial charge in [-0.3, -0.25) is 19.3 Å². The van der Waals surface area contributed by atoms with Crippen LogP contribution < -0.4 is 16.4 Å². The van der Waals surface area contributed by atoms with Crippen LogP contribution >= 0.6 is 0 Å². The highest BCUT2D eigenvalue weighted by atomic mass is 16.2. The van der Waals surface area contributed by atoms with Gasteiger partial charge in [0.1, 0.15) is 5.54 Å². The predicted molar refractivity (Wildman–Crippen MR) is 99.6 cm³/mol. The maximum absolute atomic E-state index is 12.6. The summed E-state index contributed by atoms with van der Waals surface area (Å²) in [4.78, 5) is 51.3. The molecular weight excluding hydrogens is 350 g/mol. The van der Waals surface area contributed by atoms with Gasteiger partial charge in [-0.05, 0) is 39.5 Å². The third-order valence-corrected chi connectivity index (χ3v) is 5.07. The molecule has 9 nitrogen and oxygen atoms in total. The monoisotopic (exact) mass is 381 g/mol. The molecule has 1 atom stereocenters. The summed E-state index contributed by atoms with van der Waals surface area (Å²) in [6, 6.07) is -0.417. The molecule has 0 aromatic carbocycles. The van der Waals surface area contributed by atoms with Crippen LogP contribution in [-0.4, -0.2) is 71.3 Å². The first-order valence-corrected chi connectivity index (χ1v) is 9.66. The van der Waals surface area contributed by atoms with Crippen LogP contribution in [0.1, 0.15) is 52.4 Å². The second-order valence-electron chi connectivity index (χ2n) is 7.69. The number of carbonyl (C=O) groups is 4. The molecule has 0 radical (unpaired) electrons. The van der Waals surface area contributed by atoms with Gasteiger partial charge in [-0.2, -0.15) is 0 Å². The number of carbonyl (C=O) groups excluding carboxylic acids is 4. The van der Waals surface area contributed by atoms with Crippen molar-refractivity contribution in [2.75, 3.05) is 26.2 Å². The number of likely N-dealkylation sites (tertiary alicyclic amines) is 1. The number of amides is 5. The van der Waals surface area contributed by atoms with E-state index in [1.165, 1.54) is 4.90 Å². The molecule has 0 bridgehead atoms. The Hall–Kier alpha value is -2.16. The Labute approximate surface area is 160 Å². The Morgan fingerprint density at radius 1 is 1.26 bits per heavy atom. The number of hydrogen-bond acceptors (Lipinski definition) is 5. The molecule has 1 unspecified atom stereocenters. The zero-order valence-electron chi connectivity index (χ0n) is 16.3. The van der Waals surface area contributed by atoms with Gasteiger partial charge in [0.2, 0.25) is 11.8 Å². The van der Waals surface area contributed by atoms with E-state index < -0.39 is 11.6 Å². The minimum atomic E-state index is -0.888. The fraction of sp³-hybridized carbons (Fsp3) is 0.778. The van der Waals surface area contributed by atoms with Crippen molar-refractivity contribution in [1.29, 1.82) is 0 Å². The predicted octanol–water partition coefficient (Wildman–Crippen LogP) is -0.0569. The summed E-state index contributed by atoms with van der Waals surface area (Å²) in [6.45, 7) is 4.97. The maximum Gasteiger partial charge on any atom is 0.325 e. The number of hydrogen-bond donors (Lipinski definition) is 3. The fourth-order valence-corrected chi connectivity index (χ4v) is 3.55. The SMILES string of the molecule is CC1(C)NC(=O)N(CCCC(=O)N2CCCCC2CNC(=O)CCN)C1=O. The van der Waals surface area contributed by atoms with Crippen LogP contribution in [0.4, 0.5) is 4.79 Å². The molecular formula is C18H31N5O4. The first-order valence-electron chi connectivity index (χ1n) is 9.66. The van der Waals surface area contributed by atoms with Crippen molar-refractivity contribution in [3.8, 4) is 0 Å². The Balaban J connectivity index is 1.81. The van der Waals surface area contributed by atoms with E-state index in [0.717, 1.165) is 19.3 Å². The molecule has 4 N–H and O–H groups in total. The molecule has 2 saturated heterocycles. The summed E-state index contributed by atoms with van der Waals surface area (Å²) in [5, 5.41) is 5.47. The quantitative estimate of drug-likeness (QED) is 0.508. The van der Waals surface area contributed by atoms with Gasteiger partial charge in [-0.15, -0.1) is 0 Å². The number of rotatable bonds is 8. The first kappa shape index (κ1) is 21.1. The van der Waals surface area contributed by atoms with E-state index in [4.69, 9.17) is 5.73 Å². The van der Waals surface area contributed by atoms with Crippen molar-refractivity contribution in [3.05, 3.63) is 0 Å². The summed E-state index contributed by atoms with van der Waals surface area (Å²) in [5.41, 5.74) is 4.49. The van der Waals surface area contributed by atoms with Crippen molar-refractivity contribution in [1.82, 2.24) is 20.4 Å². The molecule has 0 aromatic heterocycles. The van der Waals surface area contributed by atoms with Gasteiger partial charge in [0, 0.05) is 45.1 Å². The Kier molecular flexibility index (Phi) is 7.18. The zero-order chi connectivity index (χ0) is 20.0. The Morgan fingerprint density at radius 2 is 2.00 bits per heavy atom. The van der Waals surface area contributed by atoms with E-state index in [1.54, 1.807) is 13.8 Å². The number of urea groups is 1. The lowest BCUT2D eigenvalue weighted by atomic mass is 10.0. The molecule has 27 heavy (non-hydrogen) atoms. The molecule has 2 heterocycles. The lowest BCUT2D eigenvalue weighted by Crippen LogP contribution is -2.49. The summed E-state index contributed by atoms with van der Waals surface area (Å²) in [6.07, 6.45) is 3.80. The van der Waals surface area contributed by atoms with E-state index in [1.807, 2.05) is 4.90 Å². The van der Waals surface area contributed by atoms with Crippen molar-refractivity contribution < 1.29 is 19.2 Å². The molecule has 2 rings (SSSR count). The van der Waals surface area contributed by atoms with Gasteiger partial charge in [-0.1, -0.05) is 0 Å². The largest absolute Gasteiger partial charge is 0.354 e. The van der Waals surface area contributed by atoms with Crippen LogP contribution in [0.25, 0.3) is 0 Å². The highest BCUT2D eigenvalue weighted by molar-refractivity contribution is 6.06. The van der Waals surface area contributed by atoms with E-state index in [-0.39, 0.29) is 43.1 Å². The van der Waals surface area contributed by atoms with E-state index in [9.17, 15) is 19.2 Å². The molecule has 0 saturated carbocycles. The van der Waals surface area contributed by atoms with Crippen LogP contribution in [0.15, 0.2) is 0 Å². The molecule has 9 heteroatoms. The summed E-state index contributed by atoms with van der Waals surface area (Å²) >= 11 is 0. The van der Waals surface area contributed by atoms with Crippen molar-refractivity contribution in [2.45, 2.75) is 64.0 Å². The highest BCUT2D eigenvalue weighted by Crippen LogP contribution is 2.20. The van der Waals surface area contributed by atoms with Crippen LogP contribution in [0, 0.1) is 0 Å². The molecule has 5 amide bonds. The molecule has 2 aliphatic heterocycles. The Bertz CT molecular complexity index is 592. The summed E-state index contributed by atoms with van der Waals surface area (Å²) in [7, 11) is 0. The smallest absolute Gasteiger partial charge is 0.325 e. The van der Waals surface area contributed by atoms with Crippen LogP contribution in [0.5, 0.6) is 0 Å². The molecule has 2 aliphatic rings. The minimum absolute atomic E-state index is 0.000844. The molecule has 0 aromatic rings. The fourth-order valence-electron chi connectivity index (χ4n) is 3.55. The van der Waals surface area contributed by atoms with Gasteiger partial charge in [0.15, 0.2) is 0 Å². The van der Waals surface area contributed by atoms with Gasteiger partial charge in [0.05, 0.1) is 0 Å². The number of piperidine rings is 1. The zero-order valence-corrected chi connectivity index (χ0v) is 16.3. The number of imide groups is 1. The van der Waals surface area contributed by atoms with Gasteiger partial charge in [0.25, 0.3) is 5.91 Å². The molecule has 152 valence electrons. The van der Waals surface area contributed by atoms with Gasteiger partial charge < -0.3 is 21.3 Å². The average Bonchev–Trinajstić information content (AvgIpc) is 2.81. The summed E-state index contributed by atoms with van der Waals surface area (Å²) in [5.74, 6) is -0.367. The lowest BCUT2D eigenvalue weighted by Gasteiger charge is -2.36. The van der Waals surface area contributed by atoms with E-state index in [2.05, 4.69) is 10.6 Å². The normalized spacial score (nSPS) is 22.0. The second-order valence-corrected chi connectivity index (χ2v) is 7.69. The lowest BCUT2D eigenvalue weighted by molar-refractivity contribution is -0.136. The maximum atomic E-state index is 12.6. The third kappa shape index (κ3) is 5.41. The minimum Gasteiger partial charge on any atom is -0.354 e. The topological polar surface area (TPSA) is 125 Å². The van der Waals surface area contributed by atoms with Crippen LogP contribution in [0.2, 0.25) is 0 Å². The highest BCUT2D eigenvalue weighted by Gasteiger charge is 2.43. The van der Waals surface area contributed by atoms with Gasteiger partial charge >= 0.3 is 6.03 Å². The van der Waals surface area contributed by atoms with Crippen LogP contribution in [-0.2, 0) is 14.4 Å². The van der Waals surface area contributed by atoms with E-state index in [0.29, 0.717) is 26.1 Å². The Morgan fingerprint density at radius 3 is 2.63 bits per heavy atom. The first-order chi connectivity index (χ1) is 12.8. The average molecular weight is 381 g/mol. The molecule has 0 aliphatic carbocycles. The van der Waals surface area contributed by atoms with Crippen LogP contribution in [0.3, 0.4) is 0 Å². The number of nitrogens with zero attached hydrogens (tertiary/aromatic N) is 2. The third-order valence-electron chi connectivity index (χ3n) is 5.07.